The smallest absolute Gasteiger partial charge is 0.0389 e. The molecular weight excluding hydrogens is 242 g/mol. The van der Waals surface area contributed by atoms with Gasteiger partial charge in [-0.15, -0.1) is 11.3 Å². The number of nitrogens with one attached hydrogen (secondary N) is 1. The van der Waals surface area contributed by atoms with Crippen molar-refractivity contribution in [1.82, 2.24) is 15.1 Å². The molecule has 0 aliphatic carbocycles. The van der Waals surface area contributed by atoms with Crippen LogP contribution in [-0.2, 0) is 0 Å². The minimum atomic E-state index is 0.488. The Hall–Kier alpha value is -0.420. The molecule has 3 fully saturated rings. The van der Waals surface area contributed by atoms with Gasteiger partial charge in [-0.25, -0.2) is 0 Å². The standard InChI is InChI=1S/C14H23N3S/c1-11-3-8-18-14(11)12(2)15-9-13-10-16-4-6-17(13)7-5-16/h3,8,12-13,15H,4-7,9-10H2,1-2H3/t12-,13+/m0/s1. The summed E-state index contributed by atoms with van der Waals surface area (Å²) in [6, 6.07) is 3.42. The van der Waals surface area contributed by atoms with Crippen LogP contribution >= 0.6 is 11.3 Å². The highest BCUT2D eigenvalue weighted by molar-refractivity contribution is 7.10. The lowest BCUT2D eigenvalue weighted by molar-refractivity contribution is 0.0129. The average molecular weight is 265 g/mol. The van der Waals surface area contributed by atoms with Crippen LogP contribution in [0, 0.1) is 6.92 Å². The molecule has 18 heavy (non-hydrogen) atoms. The van der Waals surface area contributed by atoms with Gasteiger partial charge in [0.05, 0.1) is 0 Å². The van der Waals surface area contributed by atoms with Crippen molar-refractivity contribution < 1.29 is 0 Å². The summed E-state index contributed by atoms with van der Waals surface area (Å²) in [6.45, 7) is 11.9. The van der Waals surface area contributed by atoms with Gasteiger partial charge in [0, 0.05) is 56.2 Å². The van der Waals surface area contributed by atoms with E-state index in [9.17, 15) is 0 Å². The topological polar surface area (TPSA) is 18.5 Å². The van der Waals surface area contributed by atoms with Crippen molar-refractivity contribution in [3.63, 3.8) is 0 Å². The number of hydrogen-bond donors (Lipinski definition) is 1. The zero-order chi connectivity index (χ0) is 12.5. The number of fused-ring (bicyclic) bond motifs is 3. The van der Waals surface area contributed by atoms with Crippen molar-refractivity contribution in [2.75, 3.05) is 39.3 Å². The Morgan fingerprint density at radius 3 is 2.72 bits per heavy atom. The van der Waals surface area contributed by atoms with E-state index in [-0.39, 0.29) is 0 Å². The van der Waals surface area contributed by atoms with Gasteiger partial charge in [-0.2, -0.15) is 0 Å². The number of thiophene rings is 1. The fourth-order valence-corrected chi connectivity index (χ4v) is 4.11. The largest absolute Gasteiger partial charge is 0.308 e. The van der Waals surface area contributed by atoms with Gasteiger partial charge in [-0.05, 0) is 30.9 Å². The highest BCUT2D eigenvalue weighted by atomic mass is 32.1. The molecule has 0 unspecified atom stereocenters. The fourth-order valence-electron chi connectivity index (χ4n) is 3.15. The number of hydrogen-bond acceptors (Lipinski definition) is 4. The molecule has 3 aliphatic rings. The van der Waals surface area contributed by atoms with E-state index < -0.39 is 0 Å². The molecule has 0 amide bonds. The monoisotopic (exact) mass is 265 g/mol. The van der Waals surface area contributed by atoms with E-state index in [0.29, 0.717) is 6.04 Å². The van der Waals surface area contributed by atoms with Crippen LogP contribution in [0.2, 0.25) is 0 Å². The van der Waals surface area contributed by atoms with E-state index in [1.54, 1.807) is 0 Å². The Balaban J connectivity index is 1.54. The third-order valence-corrected chi connectivity index (χ3v) is 5.55. The molecule has 0 radical (unpaired) electrons. The minimum absolute atomic E-state index is 0.488. The predicted molar refractivity (Wildman–Crippen MR) is 77.3 cm³/mol. The molecule has 4 heteroatoms. The molecule has 3 saturated heterocycles. The van der Waals surface area contributed by atoms with Crippen LogP contribution in [0.1, 0.15) is 23.4 Å². The maximum absolute atomic E-state index is 3.72. The molecule has 1 aromatic heterocycles. The van der Waals surface area contributed by atoms with E-state index >= 15 is 0 Å². The molecule has 3 aliphatic heterocycles. The lowest BCUT2D eigenvalue weighted by Gasteiger charge is -2.47. The van der Waals surface area contributed by atoms with Crippen LogP contribution in [0.4, 0.5) is 0 Å². The summed E-state index contributed by atoms with van der Waals surface area (Å²) in [5.74, 6) is 0. The van der Waals surface area contributed by atoms with Gasteiger partial charge in [-0.3, -0.25) is 9.80 Å². The van der Waals surface area contributed by atoms with Crippen LogP contribution < -0.4 is 5.32 Å². The third-order valence-electron chi connectivity index (χ3n) is 4.35. The van der Waals surface area contributed by atoms with Gasteiger partial charge in [-0.1, -0.05) is 0 Å². The second kappa shape index (κ2) is 5.29. The summed E-state index contributed by atoms with van der Waals surface area (Å²) in [5.41, 5.74) is 1.43. The molecule has 4 heterocycles. The second-order valence-corrected chi connectivity index (χ2v) is 6.54. The van der Waals surface area contributed by atoms with Gasteiger partial charge in [0.25, 0.3) is 0 Å². The van der Waals surface area contributed by atoms with Crippen molar-refractivity contribution in [2.45, 2.75) is 25.9 Å². The molecule has 2 atom stereocenters. The van der Waals surface area contributed by atoms with Gasteiger partial charge in [0.15, 0.2) is 0 Å². The van der Waals surface area contributed by atoms with E-state index in [1.807, 2.05) is 11.3 Å². The summed E-state index contributed by atoms with van der Waals surface area (Å²) < 4.78 is 0. The van der Waals surface area contributed by atoms with Gasteiger partial charge in [0.2, 0.25) is 0 Å². The molecular formula is C14H23N3S. The Morgan fingerprint density at radius 1 is 1.39 bits per heavy atom. The summed E-state index contributed by atoms with van der Waals surface area (Å²) in [5, 5.41) is 5.92. The Bertz CT molecular complexity index is 395. The predicted octanol–water partition coefficient (Wildman–Crippen LogP) is 1.71. The molecule has 1 N–H and O–H groups in total. The van der Waals surface area contributed by atoms with E-state index in [4.69, 9.17) is 0 Å². The Labute approximate surface area is 114 Å². The van der Waals surface area contributed by atoms with Gasteiger partial charge in [0.1, 0.15) is 0 Å². The SMILES string of the molecule is Cc1ccsc1[C@H](C)NC[C@@H]1CN2CCN1CC2. The highest BCUT2D eigenvalue weighted by Gasteiger charge is 2.31. The minimum Gasteiger partial charge on any atom is -0.308 e. The maximum atomic E-state index is 3.72. The van der Waals surface area contributed by atoms with Crippen molar-refractivity contribution in [1.29, 1.82) is 0 Å². The molecule has 0 spiro atoms. The molecule has 3 nitrogen and oxygen atoms in total. The highest BCUT2D eigenvalue weighted by Crippen LogP contribution is 2.24. The third kappa shape index (κ3) is 2.48. The lowest BCUT2D eigenvalue weighted by Crippen LogP contribution is -2.63. The van der Waals surface area contributed by atoms with Crippen LogP contribution in [0.25, 0.3) is 0 Å². The number of aryl methyl sites for hydroxylation is 1. The van der Waals surface area contributed by atoms with Crippen molar-refractivity contribution in [2.24, 2.45) is 0 Å². The summed E-state index contributed by atoms with van der Waals surface area (Å²) in [6.07, 6.45) is 0. The average Bonchev–Trinajstić information content (AvgIpc) is 2.84. The number of piperazine rings is 3. The molecule has 1 aromatic rings. The second-order valence-electron chi connectivity index (χ2n) is 5.59. The maximum Gasteiger partial charge on any atom is 0.0389 e. The van der Waals surface area contributed by atoms with Gasteiger partial charge >= 0.3 is 0 Å². The van der Waals surface area contributed by atoms with Crippen molar-refractivity contribution in [3.05, 3.63) is 21.9 Å². The molecule has 4 rings (SSSR count). The van der Waals surface area contributed by atoms with E-state index in [0.717, 1.165) is 12.6 Å². The van der Waals surface area contributed by atoms with Crippen molar-refractivity contribution in [3.8, 4) is 0 Å². The molecule has 0 aromatic carbocycles. The first kappa shape index (κ1) is 12.6. The first-order valence-corrected chi connectivity index (χ1v) is 7.86. The van der Waals surface area contributed by atoms with Gasteiger partial charge < -0.3 is 5.32 Å². The summed E-state index contributed by atoms with van der Waals surface area (Å²) in [4.78, 5) is 6.75. The summed E-state index contributed by atoms with van der Waals surface area (Å²) in [7, 11) is 0. The Morgan fingerprint density at radius 2 is 2.17 bits per heavy atom. The fraction of sp³-hybridized carbons (Fsp3) is 0.714. The zero-order valence-corrected chi connectivity index (χ0v) is 12.2. The normalized spacial score (nSPS) is 32.7. The van der Waals surface area contributed by atoms with Crippen LogP contribution in [-0.4, -0.2) is 55.1 Å². The zero-order valence-electron chi connectivity index (χ0n) is 11.4. The van der Waals surface area contributed by atoms with Crippen LogP contribution in [0.15, 0.2) is 11.4 Å². The van der Waals surface area contributed by atoms with E-state index in [1.165, 1.54) is 43.2 Å². The van der Waals surface area contributed by atoms with E-state index in [2.05, 4.69) is 40.4 Å². The molecule has 2 bridgehead atoms. The Kier molecular flexibility index (Phi) is 3.71. The van der Waals surface area contributed by atoms with Crippen LogP contribution in [0.3, 0.4) is 0 Å². The first-order valence-electron chi connectivity index (χ1n) is 6.98. The quantitative estimate of drug-likeness (QED) is 0.894. The van der Waals surface area contributed by atoms with Crippen LogP contribution in [0.5, 0.6) is 0 Å². The summed E-state index contributed by atoms with van der Waals surface area (Å²) >= 11 is 1.87. The number of nitrogens with zero attached hydrogens (tertiary/aromatic N) is 2. The number of rotatable bonds is 4. The van der Waals surface area contributed by atoms with Crippen molar-refractivity contribution >= 4 is 11.3 Å². The molecule has 100 valence electrons. The first-order chi connectivity index (χ1) is 8.74. The lowest BCUT2D eigenvalue weighted by atomic mass is 10.1. The molecule has 0 saturated carbocycles.